The molecule has 4 aliphatic rings. The van der Waals surface area contributed by atoms with E-state index in [4.69, 9.17) is 0 Å². The molecule has 4 rings (SSSR count). The van der Waals surface area contributed by atoms with Crippen molar-refractivity contribution in [3.05, 3.63) is 0 Å². The van der Waals surface area contributed by atoms with Crippen LogP contribution in [0.3, 0.4) is 0 Å². The molecule has 0 aromatic carbocycles. The largest absolute Gasteiger partial charge is 0.0651 e. The molecule has 0 heteroatoms. The maximum absolute atomic E-state index is 2.58. The van der Waals surface area contributed by atoms with E-state index in [2.05, 4.69) is 27.7 Å². The zero-order valence-electron chi connectivity index (χ0n) is 21.1. The van der Waals surface area contributed by atoms with Gasteiger partial charge in [0.25, 0.3) is 0 Å². The van der Waals surface area contributed by atoms with Crippen LogP contribution < -0.4 is 0 Å². The molecular weight excluding hydrogens is 360 g/mol. The molecule has 10 unspecified atom stereocenters. The van der Waals surface area contributed by atoms with E-state index in [0.29, 0.717) is 0 Å². The first-order valence-electron chi connectivity index (χ1n) is 14.6. The topological polar surface area (TPSA) is 0 Å². The molecule has 0 amide bonds. The summed E-state index contributed by atoms with van der Waals surface area (Å²) < 4.78 is 0. The summed E-state index contributed by atoms with van der Waals surface area (Å²) in [6.07, 6.45) is 24.6. The first kappa shape index (κ1) is 23.2. The van der Waals surface area contributed by atoms with Gasteiger partial charge in [-0.25, -0.2) is 0 Å². The van der Waals surface area contributed by atoms with Crippen LogP contribution in [0.4, 0.5) is 0 Å². The predicted octanol–water partition coefficient (Wildman–Crippen LogP) is 9.52. The van der Waals surface area contributed by atoms with Gasteiger partial charge in [-0.1, -0.05) is 79.1 Å². The molecule has 0 spiro atoms. The second kappa shape index (κ2) is 10.7. The molecule has 0 saturated heterocycles. The van der Waals surface area contributed by atoms with Gasteiger partial charge in [0.05, 0.1) is 0 Å². The molecule has 0 nitrogen and oxygen atoms in total. The summed E-state index contributed by atoms with van der Waals surface area (Å²) in [6.45, 7) is 10.2. The molecule has 0 bridgehead atoms. The minimum Gasteiger partial charge on any atom is -0.0651 e. The second-order valence-electron chi connectivity index (χ2n) is 12.8. The summed E-state index contributed by atoms with van der Waals surface area (Å²) in [7, 11) is 0. The van der Waals surface area contributed by atoms with Gasteiger partial charge in [-0.15, -0.1) is 0 Å². The van der Waals surface area contributed by atoms with Crippen molar-refractivity contribution < 1.29 is 0 Å². The number of hydrogen-bond donors (Lipinski definition) is 0. The molecule has 0 aliphatic heterocycles. The van der Waals surface area contributed by atoms with E-state index < -0.39 is 0 Å². The molecule has 10 atom stereocenters. The Balaban J connectivity index is 1.37. The third kappa shape index (κ3) is 5.14. The van der Waals surface area contributed by atoms with Crippen molar-refractivity contribution in [2.24, 2.45) is 59.2 Å². The molecular formula is C30H54. The summed E-state index contributed by atoms with van der Waals surface area (Å²) >= 11 is 0. The average molecular weight is 415 g/mol. The molecule has 0 N–H and O–H groups in total. The standard InChI is InChI=1S/C30H54/c1-5-23-19-26(25-12-9-10-21(3)18-25)14-16-29(23)30-17-15-27(20-24(30)6-2)28-13-8-7-11-22(28)4/h21-30H,5-20H2,1-4H3. The van der Waals surface area contributed by atoms with Crippen LogP contribution in [0, 0.1) is 59.2 Å². The summed E-state index contributed by atoms with van der Waals surface area (Å²) in [4.78, 5) is 0. The lowest BCUT2D eigenvalue weighted by atomic mass is 9.56. The van der Waals surface area contributed by atoms with Gasteiger partial charge in [0.15, 0.2) is 0 Å². The van der Waals surface area contributed by atoms with Crippen LogP contribution in [-0.4, -0.2) is 0 Å². The highest BCUT2D eigenvalue weighted by atomic mass is 14.5. The van der Waals surface area contributed by atoms with Crippen molar-refractivity contribution in [3.8, 4) is 0 Å². The van der Waals surface area contributed by atoms with Gasteiger partial charge in [-0.05, 0) is 111 Å². The van der Waals surface area contributed by atoms with Crippen LogP contribution >= 0.6 is 0 Å². The van der Waals surface area contributed by atoms with E-state index in [1.807, 2.05) is 0 Å². The summed E-state index contributed by atoms with van der Waals surface area (Å²) in [5, 5.41) is 0. The number of hydrogen-bond acceptors (Lipinski definition) is 0. The fourth-order valence-corrected chi connectivity index (χ4v) is 9.49. The first-order chi connectivity index (χ1) is 14.6. The molecule has 0 heterocycles. The summed E-state index contributed by atoms with van der Waals surface area (Å²) in [5.74, 6) is 10.5. The Morgan fingerprint density at radius 1 is 0.500 bits per heavy atom. The SMILES string of the molecule is CCC1CC(C2CCCC(C)C2)CCC1C1CCC(C2CCCCC2C)CC1CC. The zero-order chi connectivity index (χ0) is 21.1. The zero-order valence-corrected chi connectivity index (χ0v) is 21.1. The lowest BCUT2D eigenvalue weighted by Crippen LogP contribution is -2.40. The van der Waals surface area contributed by atoms with Gasteiger partial charge >= 0.3 is 0 Å². The van der Waals surface area contributed by atoms with E-state index >= 15 is 0 Å². The first-order valence-corrected chi connectivity index (χ1v) is 14.6. The van der Waals surface area contributed by atoms with Gasteiger partial charge in [-0.3, -0.25) is 0 Å². The van der Waals surface area contributed by atoms with Crippen LogP contribution in [0.15, 0.2) is 0 Å². The maximum Gasteiger partial charge on any atom is -0.0355 e. The van der Waals surface area contributed by atoms with Gasteiger partial charge in [0, 0.05) is 0 Å². The third-order valence-corrected chi connectivity index (χ3v) is 11.2. The van der Waals surface area contributed by atoms with Crippen LogP contribution in [0.2, 0.25) is 0 Å². The molecule has 30 heavy (non-hydrogen) atoms. The summed E-state index contributed by atoms with van der Waals surface area (Å²) in [6, 6.07) is 0. The van der Waals surface area contributed by atoms with E-state index in [-0.39, 0.29) is 0 Å². The van der Waals surface area contributed by atoms with Gasteiger partial charge in [-0.2, -0.15) is 0 Å². The van der Waals surface area contributed by atoms with Crippen LogP contribution in [-0.2, 0) is 0 Å². The van der Waals surface area contributed by atoms with Gasteiger partial charge in [0.2, 0.25) is 0 Å². The van der Waals surface area contributed by atoms with Crippen molar-refractivity contribution in [2.75, 3.05) is 0 Å². The minimum absolute atomic E-state index is 1.00. The number of rotatable bonds is 5. The minimum atomic E-state index is 1.00. The van der Waals surface area contributed by atoms with E-state index in [9.17, 15) is 0 Å². The van der Waals surface area contributed by atoms with Gasteiger partial charge in [0.1, 0.15) is 0 Å². The molecule has 174 valence electrons. The monoisotopic (exact) mass is 414 g/mol. The fraction of sp³-hybridized carbons (Fsp3) is 1.00. The third-order valence-electron chi connectivity index (χ3n) is 11.2. The molecule has 4 aliphatic carbocycles. The Morgan fingerprint density at radius 2 is 1.10 bits per heavy atom. The fourth-order valence-electron chi connectivity index (χ4n) is 9.49. The molecule has 0 aromatic heterocycles. The molecule has 4 saturated carbocycles. The quantitative estimate of drug-likeness (QED) is 0.420. The predicted molar refractivity (Wildman–Crippen MR) is 131 cm³/mol. The molecule has 0 aromatic rings. The average Bonchev–Trinajstić information content (AvgIpc) is 2.78. The Kier molecular flexibility index (Phi) is 8.30. The van der Waals surface area contributed by atoms with Crippen LogP contribution in [0.1, 0.15) is 130 Å². The highest BCUT2D eigenvalue weighted by molar-refractivity contribution is 4.93. The van der Waals surface area contributed by atoms with Crippen LogP contribution in [0.5, 0.6) is 0 Å². The van der Waals surface area contributed by atoms with Gasteiger partial charge < -0.3 is 0 Å². The summed E-state index contributed by atoms with van der Waals surface area (Å²) in [5.41, 5.74) is 0. The second-order valence-corrected chi connectivity index (χ2v) is 12.8. The van der Waals surface area contributed by atoms with Crippen molar-refractivity contribution >= 4 is 0 Å². The van der Waals surface area contributed by atoms with Crippen molar-refractivity contribution in [2.45, 2.75) is 130 Å². The van der Waals surface area contributed by atoms with Crippen molar-refractivity contribution in [1.29, 1.82) is 0 Å². The van der Waals surface area contributed by atoms with E-state index in [1.165, 1.54) is 44.9 Å². The highest BCUT2D eigenvalue weighted by Gasteiger charge is 2.43. The lowest BCUT2D eigenvalue weighted by Gasteiger charge is -2.49. The highest BCUT2D eigenvalue weighted by Crippen LogP contribution is 2.53. The smallest absolute Gasteiger partial charge is 0.0355 e. The molecule has 0 radical (unpaired) electrons. The van der Waals surface area contributed by atoms with Crippen molar-refractivity contribution in [3.63, 3.8) is 0 Å². The van der Waals surface area contributed by atoms with Crippen molar-refractivity contribution in [1.82, 2.24) is 0 Å². The van der Waals surface area contributed by atoms with Crippen LogP contribution in [0.25, 0.3) is 0 Å². The Morgan fingerprint density at radius 3 is 1.73 bits per heavy atom. The normalized spacial score (nSPS) is 48.4. The molecule has 4 fully saturated rings. The Hall–Kier alpha value is 0. The Labute approximate surface area is 189 Å². The Bertz CT molecular complexity index is 508. The maximum atomic E-state index is 2.58. The van der Waals surface area contributed by atoms with E-state index in [0.717, 1.165) is 59.2 Å². The lowest BCUT2D eigenvalue weighted by molar-refractivity contribution is 0.00595. The van der Waals surface area contributed by atoms with E-state index in [1.54, 1.807) is 57.8 Å².